The van der Waals surface area contributed by atoms with E-state index in [0.717, 1.165) is 0 Å². The number of hydrogen-bond acceptors (Lipinski definition) is 4. The van der Waals surface area contributed by atoms with Crippen LogP contribution in [0.15, 0.2) is 24.3 Å². The molecule has 0 spiro atoms. The van der Waals surface area contributed by atoms with Crippen LogP contribution < -0.4 is 15.6 Å². The average Bonchev–Trinajstić information content (AvgIpc) is 2.82. The Morgan fingerprint density at radius 3 is 2.56 bits per heavy atom. The first-order valence-electron chi connectivity index (χ1n) is 5.72. The zero-order valence-corrected chi connectivity index (χ0v) is 10.8. The Morgan fingerprint density at radius 2 is 1.94 bits per heavy atom. The van der Waals surface area contributed by atoms with Gasteiger partial charge in [0.25, 0.3) is 0 Å². The van der Waals surface area contributed by atoms with Gasteiger partial charge in [0.05, 0.1) is 0 Å². The molecule has 3 N–H and O–H groups in total. The van der Waals surface area contributed by atoms with Gasteiger partial charge in [-0.3, -0.25) is 10.9 Å². The zero-order valence-electron chi connectivity index (χ0n) is 9.98. The van der Waals surface area contributed by atoms with Gasteiger partial charge in [0.1, 0.15) is 11.1 Å². The van der Waals surface area contributed by atoms with E-state index in [1.807, 2.05) is 0 Å². The highest BCUT2D eigenvalue weighted by Gasteiger charge is 2.30. The Bertz CT molecular complexity index is 515. The van der Waals surface area contributed by atoms with Crippen LogP contribution >= 0.6 is 0 Å². The average molecular weight is 273 g/mol. The number of benzene rings is 1. The molecule has 0 saturated carbocycles. The van der Waals surface area contributed by atoms with E-state index in [9.17, 15) is 12.8 Å². The van der Waals surface area contributed by atoms with Crippen LogP contribution in [0.4, 0.5) is 4.39 Å². The predicted octanol–water partition coefficient (Wildman–Crippen LogP) is 0.283. The fraction of sp³-hybridized carbons (Fsp3) is 0.455. The maximum absolute atomic E-state index is 13.5. The number of rotatable bonds is 4. The minimum absolute atomic E-state index is 0.347. The molecule has 0 amide bonds. The zero-order chi connectivity index (χ0) is 13.2. The summed E-state index contributed by atoms with van der Waals surface area (Å²) < 4.78 is 40.1. The van der Waals surface area contributed by atoms with Gasteiger partial charge < -0.3 is 0 Å². The van der Waals surface area contributed by atoms with Gasteiger partial charge in [-0.05, 0) is 13.0 Å². The molecule has 1 saturated heterocycles. The molecule has 1 atom stereocenters. The Labute approximate surface area is 106 Å². The standard InChI is InChI=1S/C11H16FN3O2S/c1-8(10-4-2-3-5-11(10)12)15-18(16,17)9-6-13-14-7-9/h2-5,8-9,13-15H,6-7H2,1H3. The van der Waals surface area contributed by atoms with Crippen molar-refractivity contribution in [2.24, 2.45) is 0 Å². The van der Waals surface area contributed by atoms with Crippen LogP contribution in [0.2, 0.25) is 0 Å². The second kappa shape index (κ2) is 5.31. The maximum Gasteiger partial charge on any atom is 0.217 e. The van der Waals surface area contributed by atoms with Gasteiger partial charge in [0.2, 0.25) is 10.0 Å². The Morgan fingerprint density at radius 1 is 1.33 bits per heavy atom. The highest BCUT2D eigenvalue weighted by atomic mass is 32.2. The van der Waals surface area contributed by atoms with Crippen LogP contribution in [0.25, 0.3) is 0 Å². The molecule has 0 radical (unpaired) electrons. The van der Waals surface area contributed by atoms with Crippen molar-refractivity contribution in [2.45, 2.75) is 18.2 Å². The van der Waals surface area contributed by atoms with E-state index in [2.05, 4.69) is 15.6 Å². The van der Waals surface area contributed by atoms with Crippen molar-refractivity contribution in [1.29, 1.82) is 0 Å². The summed E-state index contributed by atoms with van der Waals surface area (Å²) in [4.78, 5) is 0. The minimum atomic E-state index is -3.47. The molecule has 0 aliphatic carbocycles. The molecule has 1 aromatic carbocycles. The molecule has 7 heteroatoms. The second-order valence-corrected chi connectivity index (χ2v) is 6.28. The van der Waals surface area contributed by atoms with Crippen LogP contribution in [-0.2, 0) is 10.0 Å². The van der Waals surface area contributed by atoms with Crippen molar-refractivity contribution < 1.29 is 12.8 Å². The Balaban J connectivity index is 2.11. The SMILES string of the molecule is CC(NS(=O)(=O)C1CNNC1)c1ccccc1F. The van der Waals surface area contributed by atoms with E-state index in [4.69, 9.17) is 0 Å². The Kier molecular flexibility index (Phi) is 3.96. The lowest BCUT2D eigenvalue weighted by atomic mass is 10.1. The highest BCUT2D eigenvalue weighted by Crippen LogP contribution is 2.18. The molecule has 2 rings (SSSR count). The summed E-state index contributed by atoms with van der Waals surface area (Å²) in [5.41, 5.74) is 5.87. The molecular formula is C11H16FN3O2S. The molecule has 1 fully saturated rings. The van der Waals surface area contributed by atoms with E-state index in [-0.39, 0.29) is 0 Å². The molecular weight excluding hydrogens is 257 g/mol. The van der Waals surface area contributed by atoms with Gasteiger partial charge >= 0.3 is 0 Å². The van der Waals surface area contributed by atoms with Gasteiger partial charge in [-0.25, -0.2) is 17.5 Å². The third-order valence-electron chi connectivity index (χ3n) is 2.94. The molecule has 0 bridgehead atoms. The van der Waals surface area contributed by atoms with Crippen LogP contribution in [0, 0.1) is 5.82 Å². The van der Waals surface area contributed by atoms with E-state index in [1.54, 1.807) is 25.1 Å². The van der Waals surface area contributed by atoms with E-state index in [0.29, 0.717) is 18.7 Å². The van der Waals surface area contributed by atoms with Crippen LogP contribution in [0.3, 0.4) is 0 Å². The second-order valence-electron chi connectivity index (χ2n) is 4.29. The van der Waals surface area contributed by atoms with Gasteiger partial charge in [0, 0.05) is 24.7 Å². The first kappa shape index (κ1) is 13.4. The monoisotopic (exact) mass is 273 g/mol. The highest BCUT2D eigenvalue weighted by molar-refractivity contribution is 7.90. The molecule has 1 aromatic rings. The van der Waals surface area contributed by atoms with Crippen LogP contribution in [0.1, 0.15) is 18.5 Å². The van der Waals surface area contributed by atoms with Crippen molar-refractivity contribution in [3.05, 3.63) is 35.6 Å². The summed E-state index contributed by atoms with van der Waals surface area (Å²) in [6.45, 7) is 2.32. The van der Waals surface area contributed by atoms with Crippen molar-refractivity contribution >= 4 is 10.0 Å². The molecule has 1 unspecified atom stereocenters. The van der Waals surface area contributed by atoms with Gasteiger partial charge in [0.15, 0.2) is 0 Å². The van der Waals surface area contributed by atoms with E-state index in [1.165, 1.54) is 6.07 Å². The summed E-state index contributed by atoms with van der Waals surface area (Å²) in [7, 11) is -3.47. The molecule has 100 valence electrons. The molecule has 1 heterocycles. The maximum atomic E-state index is 13.5. The van der Waals surface area contributed by atoms with Crippen molar-refractivity contribution in [2.75, 3.05) is 13.1 Å². The van der Waals surface area contributed by atoms with Crippen molar-refractivity contribution in [3.63, 3.8) is 0 Å². The molecule has 1 aliphatic rings. The quantitative estimate of drug-likeness (QED) is 0.737. The molecule has 5 nitrogen and oxygen atoms in total. The van der Waals surface area contributed by atoms with Crippen molar-refractivity contribution in [1.82, 2.24) is 15.6 Å². The van der Waals surface area contributed by atoms with Gasteiger partial charge in [-0.15, -0.1) is 0 Å². The normalized spacial score (nSPS) is 19.0. The minimum Gasteiger partial charge on any atom is -0.256 e. The number of nitrogens with one attached hydrogen (secondary N) is 3. The van der Waals surface area contributed by atoms with Gasteiger partial charge in [-0.2, -0.15) is 0 Å². The summed E-state index contributed by atoms with van der Waals surface area (Å²) >= 11 is 0. The third kappa shape index (κ3) is 2.86. The van der Waals surface area contributed by atoms with E-state index >= 15 is 0 Å². The molecule has 18 heavy (non-hydrogen) atoms. The largest absolute Gasteiger partial charge is 0.256 e. The van der Waals surface area contributed by atoms with E-state index < -0.39 is 27.1 Å². The predicted molar refractivity (Wildman–Crippen MR) is 66.7 cm³/mol. The summed E-state index contributed by atoms with van der Waals surface area (Å²) in [6.07, 6.45) is 0. The fourth-order valence-corrected chi connectivity index (χ4v) is 3.31. The lowest BCUT2D eigenvalue weighted by molar-refractivity contribution is 0.542. The summed E-state index contributed by atoms with van der Waals surface area (Å²) in [6, 6.07) is 5.57. The lowest BCUT2D eigenvalue weighted by Crippen LogP contribution is -2.38. The molecule has 0 aromatic heterocycles. The Hall–Kier alpha value is -1.02. The number of halogens is 1. The summed E-state index contributed by atoms with van der Waals surface area (Å²) in [5, 5.41) is -0.535. The van der Waals surface area contributed by atoms with Crippen LogP contribution in [-0.4, -0.2) is 26.8 Å². The number of hydrazine groups is 1. The number of sulfonamides is 1. The topological polar surface area (TPSA) is 70.2 Å². The number of hydrogen-bond donors (Lipinski definition) is 3. The first-order chi connectivity index (χ1) is 8.50. The van der Waals surface area contributed by atoms with Gasteiger partial charge in [-0.1, -0.05) is 18.2 Å². The van der Waals surface area contributed by atoms with Crippen molar-refractivity contribution in [3.8, 4) is 0 Å². The lowest BCUT2D eigenvalue weighted by Gasteiger charge is -2.17. The van der Waals surface area contributed by atoms with Crippen LogP contribution in [0.5, 0.6) is 0 Å². The molecule has 1 aliphatic heterocycles. The fourth-order valence-electron chi connectivity index (χ4n) is 1.90. The first-order valence-corrected chi connectivity index (χ1v) is 7.26. The third-order valence-corrected chi connectivity index (χ3v) is 4.83. The summed E-state index contributed by atoms with van der Waals surface area (Å²) in [5.74, 6) is -0.407. The smallest absolute Gasteiger partial charge is 0.217 e.